The number of aryl methyl sites for hydroxylation is 1. The largest absolute Gasteiger partial charge is 0.496 e. The average molecular weight is 380 g/mol. The Labute approximate surface area is 157 Å². The maximum atomic E-state index is 12.7. The minimum Gasteiger partial charge on any atom is -0.496 e. The van der Waals surface area contributed by atoms with E-state index in [0.717, 1.165) is 39.7 Å². The molecule has 0 aliphatic heterocycles. The van der Waals surface area contributed by atoms with Crippen molar-refractivity contribution in [2.75, 3.05) is 7.11 Å². The second kappa shape index (κ2) is 9.26. The molecule has 0 amide bonds. The van der Waals surface area contributed by atoms with Crippen LogP contribution in [0.3, 0.4) is 0 Å². The molecular weight excluding hydrogens is 357 g/mol. The normalized spacial score (nSPS) is 13.6. The topological polar surface area (TPSA) is 46.5 Å². The van der Waals surface area contributed by atoms with Crippen LogP contribution in [0.2, 0.25) is 0 Å². The van der Waals surface area contributed by atoms with E-state index in [-0.39, 0.29) is 6.08 Å². The number of alkyl halides is 3. The first-order valence-electron chi connectivity index (χ1n) is 8.17. The Hall–Kier alpha value is -2.76. The zero-order chi connectivity index (χ0) is 20.8. The molecule has 0 radical (unpaired) electrons. The van der Waals surface area contributed by atoms with Crippen molar-refractivity contribution in [3.63, 3.8) is 0 Å². The molecule has 0 heterocycles. The number of hydrogen-bond donors (Lipinski definition) is 1. The lowest BCUT2D eigenvalue weighted by atomic mass is 9.96. The Morgan fingerprint density at radius 2 is 1.78 bits per heavy atom. The Bertz CT molecular complexity index is 826. The molecule has 146 valence electrons. The molecule has 0 aliphatic rings. The molecule has 0 atom stereocenters. The number of carbonyl (C=O) groups is 1. The summed E-state index contributed by atoms with van der Waals surface area (Å²) in [5.41, 5.74) is 3.63. The molecule has 6 heteroatoms. The quantitative estimate of drug-likeness (QED) is 0.508. The van der Waals surface area contributed by atoms with Crippen molar-refractivity contribution in [2.45, 2.75) is 33.9 Å². The van der Waals surface area contributed by atoms with Crippen molar-refractivity contribution >= 4 is 12.0 Å². The van der Waals surface area contributed by atoms with Gasteiger partial charge >= 0.3 is 12.1 Å². The number of methoxy groups -OCH3 is 1. The summed E-state index contributed by atoms with van der Waals surface area (Å²) in [6.07, 6.45) is 2.51. The van der Waals surface area contributed by atoms with Crippen molar-refractivity contribution in [3.05, 3.63) is 69.8 Å². The van der Waals surface area contributed by atoms with Gasteiger partial charge in [-0.05, 0) is 62.1 Å². The molecule has 0 aliphatic carbocycles. The van der Waals surface area contributed by atoms with Gasteiger partial charge in [0.15, 0.2) is 0 Å². The Morgan fingerprint density at radius 3 is 2.30 bits per heavy atom. The SMILES string of the molecule is COc1cc(C)c(/C=C/C(C)=C/C=C/C(=C/C(=O)O)C(F)(F)F)c(C)c1C. The van der Waals surface area contributed by atoms with Crippen LogP contribution in [-0.4, -0.2) is 24.4 Å². The van der Waals surface area contributed by atoms with Crippen LogP contribution in [0.1, 0.15) is 29.2 Å². The fourth-order valence-corrected chi connectivity index (χ4v) is 2.47. The van der Waals surface area contributed by atoms with E-state index in [4.69, 9.17) is 9.84 Å². The summed E-state index contributed by atoms with van der Waals surface area (Å²) in [7, 11) is 1.62. The van der Waals surface area contributed by atoms with Crippen molar-refractivity contribution < 1.29 is 27.8 Å². The molecule has 1 aromatic carbocycles. The number of allylic oxidation sites excluding steroid dienone is 6. The van der Waals surface area contributed by atoms with Gasteiger partial charge in [-0.1, -0.05) is 29.9 Å². The molecule has 0 unspecified atom stereocenters. The third-order valence-corrected chi connectivity index (χ3v) is 4.08. The van der Waals surface area contributed by atoms with Crippen LogP contribution >= 0.6 is 0 Å². The van der Waals surface area contributed by atoms with E-state index in [0.29, 0.717) is 0 Å². The number of aliphatic carboxylic acids is 1. The highest BCUT2D eigenvalue weighted by atomic mass is 19.4. The highest BCUT2D eigenvalue weighted by Gasteiger charge is 2.32. The lowest BCUT2D eigenvalue weighted by Gasteiger charge is -2.13. The van der Waals surface area contributed by atoms with E-state index >= 15 is 0 Å². The molecule has 0 saturated heterocycles. The Kier molecular flexibility index (Phi) is 7.64. The number of halogens is 3. The third-order valence-electron chi connectivity index (χ3n) is 4.08. The van der Waals surface area contributed by atoms with E-state index in [1.807, 2.05) is 32.9 Å². The van der Waals surface area contributed by atoms with E-state index in [1.54, 1.807) is 20.1 Å². The third kappa shape index (κ3) is 6.47. The van der Waals surface area contributed by atoms with Gasteiger partial charge in [0.1, 0.15) is 5.75 Å². The highest BCUT2D eigenvalue weighted by Crippen LogP contribution is 2.29. The monoisotopic (exact) mass is 380 g/mol. The summed E-state index contributed by atoms with van der Waals surface area (Å²) in [4.78, 5) is 10.5. The van der Waals surface area contributed by atoms with Gasteiger partial charge < -0.3 is 9.84 Å². The standard InChI is InChI=1S/C21H23F3O3/c1-13(7-6-8-17(12-20(25)26)21(22,23)24)9-10-18-14(2)11-19(27-5)16(4)15(18)3/h6-12H,1-5H3,(H,25,26)/b8-6+,10-9+,13-7+,17-12-. The minimum atomic E-state index is -4.72. The van der Waals surface area contributed by atoms with E-state index in [1.165, 1.54) is 12.2 Å². The summed E-state index contributed by atoms with van der Waals surface area (Å²) in [6, 6.07) is 1.94. The van der Waals surface area contributed by atoms with Crippen LogP contribution in [0.15, 0.2) is 47.6 Å². The van der Waals surface area contributed by atoms with Gasteiger partial charge in [-0.3, -0.25) is 0 Å². The van der Waals surface area contributed by atoms with Crippen LogP contribution in [0.25, 0.3) is 6.08 Å². The first kappa shape index (κ1) is 22.3. The Balaban J connectivity index is 3.07. The lowest BCUT2D eigenvalue weighted by molar-refractivity contribution is -0.132. The van der Waals surface area contributed by atoms with Crippen molar-refractivity contribution in [1.82, 2.24) is 0 Å². The van der Waals surface area contributed by atoms with Crippen LogP contribution in [0, 0.1) is 20.8 Å². The number of carboxylic acid groups (broad SMARTS) is 1. The molecule has 3 nitrogen and oxygen atoms in total. The first-order valence-corrected chi connectivity index (χ1v) is 8.17. The molecule has 0 saturated carbocycles. The minimum absolute atomic E-state index is 0.141. The maximum absolute atomic E-state index is 12.7. The number of hydrogen-bond acceptors (Lipinski definition) is 2. The second-order valence-electron chi connectivity index (χ2n) is 6.10. The summed E-state index contributed by atoms with van der Waals surface area (Å²) < 4.78 is 43.5. The molecule has 0 spiro atoms. The first-order chi connectivity index (χ1) is 12.5. The van der Waals surface area contributed by atoms with Gasteiger partial charge in [0.25, 0.3) is 0 Å². The van der Waals surface area contributed by atoms with Gasteiger partial charge in [-0.25, -0.2) is 4.79 Å². The van der Waals surface area contributed by atoms with E-state index < -0.39 is 17.7 Å². The van der Waals surface area contributed by atoms with Gasteiger partial charge in [0, 0.05) is 6.08 Å². The van der Waals surface area contributed by atoms with Gasteiger partial charge in [0.05, 0.1) is 12.7 Å². The molecule has 1 aromatic rings. The fraction of sp³-hybridized carbons (Fsp3) is 0.286. The number of rotatable bonds is 6. The zero-order valence-electron chi connectivity index (χ0n) is 15.9. The average Bonchev–Trinajstić information content (AvgIpc) is 2.55. The Morgan fingerprint density at radius 1 is 1.15 bits per heavy atom. The molecule has 0 aromatic heterocycles. The second-order valence-corrected chi connectivity index (χ2v) is 6.10. The van der Waals surface area contributed by atoms with Gasteiger partial charge in [0.2, 0.25) is 0 Å². The number of ether oxygens (including phenoxy) is 1. The van der Waals surface area contributed by atoms with Gasteiger partial charge in [-0.2, -0.15) is 13.2 Å². The van der Waals surface area contributed by atoms with E-state index in [2.05, 4.69) is 0 Å². The molecule has 27 heavy (non-hydrogen) atoms. The smallest absolute Gasteiger partial charge is 0.416 e. The number of carboxylic acids is 1. The van der Waals surface area contributed by atoms with Gasteiger partial charge in [-0.15, -0.1) is 0 Å². The fourth-order valence-electron chi connectivity index (χ4n) is 2.47. The van der Waals surface area contributed by atoms with Crippen LogP contribution in [0.5, 0.6) is 5.75 Å². The summed E-state index contributed by atoms with van der Waals surface area (Å²) in [6.45, 7) is 7.65. The lowest BCUT2D eigenvalue weighted by Crippen LogP contribution is -2.11. The summed E-state index contributed by atoms with van der Waals surface area (Å²) in [5.74, 6) is -0.837. The van der Waals surface area contributed by atoms with Crippen LogP contribution in [-0.2, 0) is 4.79 Å². The molecule has 0 fully saturated rings. The van der Waals surface area contributed by atoms with Crippen molar-refractivity contribution in [1.29, 1.82) is 0 Å². The van der Waals surface area contributed by atoms with Crippen LogP contribution < -0.4 is 4.74 Å². The number of benzene rings is 1. The van der Waals surface area contributed by atoms with E-state index in [9.17, 15) is 18.0 Å². The molecule has 1 N–H and O–H groups in total. The molecule has 1 rings (SSSR count). The summed E-state index contributed by atoms with van der Waals surface area (Å²) in [5, 5.41) is 8.53. The maximum Gasteiger partial charge on any atom is 0.416 e. The van der Waals surface area contributed by atoms with Crippen molar-refractivity contribution in [2.24, 2.45) is 0 Å². The molecule has 0 bridgehead atoms. The predicted molar refractivity (Wildman–Crippen MR) is 101 cm³/mol. The summed E-state index contributed by atoms with van der Waals surface area (Å²) >= 11 is 0. The van der Waals surface area contributed by atoms with Crippen LogP contribution in [0.4, 0.5) is 13.2 Å². The molecular formula is C21H23F3O3. The predicted octanol–water partition coefficient (Wildman–Crippen LogP) is 5.71. The van der Waals surface area contributed by atoms with Crippen molar-refractivity contribution in [3.8, 4) is 5.75 Å². The zero-order valence-corrected chi connectivity index (χ0v) is 15.9. The highest BCUT2D eigenvalue weighted by molar-refractivity contribution is 5.81.